The van der Waals surface area contributed by atoms with Crippen LogP contribution in [0.3, 0.4) is 0 Å². The van der Waals surface area contributed by atoms with Crippen LogP contribution in [0, 0.1) is 27.7 Å². The maximum atomic E-state index is 5.19. The van der Waals surface area contributed by atoms with Crippen molar-refractivity contribution in [3.8, 4) is 0 Å². The molecular formula is C16H26N6O. The molecule has 0 fully saturated rings. The van der Waals surface area contributed by atoms with Crippen LogP contribution in [0.5, 0.6) is 0 Å². The van der Waals surface area contributed by atoms with Crippen molar-refractivity contribution in [1.29, 1.82) is 0 Å². The number of nitrogens with one attached hydrogen (secondary N) is 2. The highest BCUT2D eigenvalue weighted by Crippen LogP contribution is 2.13. The minimum absolute atomic E-state index is 0.600. The number of rotatable bonds is 5. The Morgan fingerprint density at radius 2 is 1.87 bits per heavy atom. The second-order valence-corrected chi connectivity index (χ2v) is 5.62. The molecule has 23 heavy (non-hydrogen) atoms. The highest BCUT2D eigenvalue weighted by Gasteiger charge is 2.11. The molecule has 0 atom stereocenters. The van der Waals surface area contributed by atoms with Crippen molar-refractivity contribution in [2.24, 2.45) is 12.0 Å². The fourth-order valence-electron chi connectivity index (χ4n) is 2.47. The summed E-state index contributed by atoms with van der Waals surface area (Å²) in [6.07, 6.45) is 0. The predicted octanol–water partition coefficient (Wildman–Crippen LogP) is 1.90. The number of aryl methyl sites for hydroxylation is 4. The summed E-state index contributed by atoms with van der Waals surface area (Å²) in [5.41, 5.74) is 5.32. The van der Waals surface area contributed by atoms with Crippen molar-refractivity contribution in [2.45, 2.75) is 47.7 Å². The molecule has 2 heterocycles. The molecule has 0 saturated carbocycles. The summed E-state index contributed by atoms with van der Waals surface area (Å²) < 4.78 is 7.08. The molecule has 0 bridgehead atoms. The minimum atomic E-state index is 0.600. The number of hydrogen-bond donors (Lipinski definition) is 2. The summed E-state index contributed by atoms with van der Waals surface area (Å²) in [6, 6.07) is 0. The Labute approximate surface area is 137 Å². The third-order valence-electron chi connectivity index (χ3n) is 4.01. The zero-order chi connectivity index (χ0) is 17.0. The molecule has 0 aliphatic heterocycles. The van der Waals surface area contributed by atoms with Gasteiger partial charge in [0.25, 0.3) is 0 Å². The summed E-state index contributed by atoms with van der Waals surface area (Å²) in [7, 11) is 1.95. The van der Waals surface area contributed by atoms with Gasteiger partial charge in [-0.05, 0) is 34.6 Å². The molecule has 0 aliphatic carbocycles. The Balaban J connectivity index is 2.08. The van der Waals surface area contributed by atoms with Gasteiger partial charge in [0.1, 0.15) is 5.76 Å². The maximum absolute atomic E-state index is 5.19. The number of nitrogens with zero attached hydrogens (tertiary/aromatic N) is 4. The summed E-state index contributed by atoms with van der Waals surface area (Å²) in [5.74, 6) is 1.61. The quantitative estimate of drug-likeness (QED) is 0.650. The van der Waals surface area contributed by atoms with E-state index in [-0.39, 0.29) is 0 Å². The molecule has 2 rings (SSSR count). The van der Waals surface area contributed by atoms with Crippen LogP contribution in [0.4, 0.5) is 0 Å². The topological polar surface area (TPSA) is 80.3 Å². The molecule has 126 valence electrons. The van der Waals surface area contributed by atoms with Crippen molar-refractivity contribution in [2.75, 3.05) is 6.54 Å². The van der Waals surface area contributed by atoms with Crippen LogP contribution >= 0.6 is 0 Å². The van der Waals surface area contributed by atoms with E-state index in [2.05, 4.69) is 32.8 Å². The molecule has 2 aromatic heterocycles. The fourth-order valence-corrected chi connectivity index (χ4v) is 2.47. The average molecular weight is 318 g/mol. The van der Waals surface area contributed by atoms with E-state index in [9.17, 15) is 0 Å². The Morgan fingerprint density at radius 1 is 1.13 bits per heavy atom. The van der Waals surface area contributed by atoms with Gasteiger partial charge in [0, 0.05) is 37.0 Å². The average Bonchev–Trinajstić information content (AvgIpc) is 2.95. The van der Waals surface area contributed by atoms with E-state index in [0.717, 1.165) is 40.9 Å². The van der Waals surface area contributed by atoms with E-state index in [0.29, 0.717) is 13.1 Å². The Morgan fingerprint density at radius 3 is 2.39 bits per heavy atom. The second kappa shape index (κ2) is 7.30. The standard InChI is InChI=1S/C16H26N6O/c1-7-17-16(19-9-15-11(3)21-23-13(15)5)18-8-14-10(2)20-22(6)12(14)4/h7-9H2,1-6H3,(H2,17,18,19). The maximum Gasteiger partial charge on any atom is 0.191 e. The first-order valence-electron chi connectivity index (χ1n) is 7.87. The van der Waals surface area contributed by atoms with Crippen LogP contribution in [-0.2, 0) is 20.1 Å². The van der Waals surface area contributed by atoms with Gasteiger partial charge in [-0.2, -0.15) is 5.10 Å². The monoisotopic (exact) mass is 318 g/mol. The zero-order valence-corrected chi connectivity index (χ0v) is 14.8. The van der Waals surface area contributed by atoms with Gasteiger partial charge in [-0.15, -0.1) is 0 Å². The number of aliphatic imine (C=N–C) groups is 1. The van der Waals surface area contributed by atoms with Crippen molar-refractivity contribution in [3.05, 3.63) is 34.0 Å². The van der Waals surface area contributed by atoms with Crippen LogP contribution in [0.25, 0.3) is 0 Å². The molecule has 0 unspecified atom stereocenters. The van der Waals surface area contributed by atoms with E-state index in [1.54, 1.807) is 0 Å². The van der Waals surface area contributed by atoms with Gasteiger partial charge in [0.15, 0.2) is 5.96 Å². The first-order chi connectivity index (χ1) is 10.9. The molecule has 2 N–H and O–H groups in total. The van der Waals surface area contributed by atoms with Gasteiger partial charge in [-0.25, -0.2) is 4.99 Å². The smallest absolute Gasteiger partial charge is 0.191 e. The molecular weight excluding hydrogens is 292 g/mol. The van der Waals surface area contributed by atoms with Gasteiger partial charge in [0.2, 0.25) is 0 Å². The highest BCUT2D eigenvalue weighted by atomic mass is 16.5. The van der Waals surface area contributed by atoms with E-state index in [1.807, 2.05) is 39.4 Å². The molecule has 2 aromatic rings. The lowest BCUT2D eigenvalue weighted by atomic mass is 10.2. The van der Waals surface area contributed by atoms with Crippen LogP contribution in [-0.4, -0.2) is 27.4 Å². The summed E-state index contributed by atoms with van der Waals surface area (Å²) >= 11 is 0. The molecule has 0 spiro atoms. The lowest BCUT2D eigenvalue weighted by Gasteiger charge is -2.11. The normalized spacial score (nSPS) is 11.8. The summed E-state index contributed by atoms with van der Waals surface area (Å²) in [4.78, 5) is 4.67. The lowest BCUT2D eigenvalue weighted by molar-refractivity contribution is 0.392. The van der Waals surface area contributed by atoms with Crippen LogP contribution in [0.15, 0.2) is 9.52 Å². The van der Waals surface area contributed by atoms with Crippen LogP contribution < -0.4 is 10.6 Å². The molecule has 0 amide bonds. The predicted molar refractivity (Wildman–Crippen MR) is 90.3 cm³/mol. The van der Waals surface area contributed by atoms with Crippen molar-refractivity contribution in [1.82, 2.24) is 25.6 Å². The van der Waals surface area contributed by atoms with Crippen molar-refractivity contribution in [3.63, 3.8) is 0 Å². The summed E-state index contributed by atoms with van der Waals surface area (Å²) in [6.45, 7) is 12.0. The number of guanidine groups is 1. The third kappa shape index (κ3) is 3.91. The van der Waals surface area contributed by atoms with Gasteiger partial charge < -0.3 is 15.2 Å². The van der Waals surface area contributed by atoms with E-state index >= 15 is 0 Å². The highest BCUT2D eigenvalue weighted by molar-refractivity contribution is 5.79. The molecule has 7 nitrogen and oxygen atoms in total. The fraction of sp³-hybridized carbons (Fsp3) is 0.562. The SMILES string of the molecule is CCNC(=NCc1c(C)nn(C)c1C)NCc1c(C)noc1C. The molecule has 0 saturated heterocycles. The van der Waals surface area contributed by atoms with Gasteiger partial charge >= 0.3 is 0 Å². The lowest BCUT2D eigenvalue weighted by Crippen LogP contribution is -2.37. The van der Waals surface area contributed by atoms with Crippen molar-refractivity contribution < 1.29 is 4.52 Å². The number of hydrogen-bond acceptors (Lipinski definition) is 4. The first-order valence-corrected chi connectivity index (χ1v) is 7.87. The third-order valence-corrected chi connectivity index (χ3v) is 4.01. The molecule has 7 heteroatoms. The molecule has 0 aliphatic rings. The van der Waals surface area contributed by atoms with Crippen molar-refractivity contribution >= 4 is 5.96 Å². The Kier molecular flexibility index (Phi) is 5.41. The Hall–Kier alpha value is -2.31. The van der Waals surface area contributed by atoms with E-state index < -0.39 is 0 Å². The first kappa shape index (κ1) is 17.1. The van der Waals surface area contributed by atoms with Gasteiger partial charge in [-0.3, -0.25) is 4.68 Å². The molecule has 0 radical (unpaired) electrons. The summed E-state index contributed by atoms with van der Waals surface area (Å²) in [5, 5.41) is 15.0. The van der Waals surface area contributed by atoms with E-state index in [4.69, 9.17) is 4.52 Å². The van der Waals surface area contributed by atoms with Gasteiger partial charge in [0.05, 0.1) is 17.9 Å². The minimum Gasteiger partial charge on any atom is -0.361 e. The van der Waals surface area contributed by atoms with E-state index in [1.165, 1.54) is 5.56 Å². The van der Waals surface area contributed by atoms with Crippen LogP contribution in [0.1, 0.15) is 40.9 Å². The Bertz CT molecular complexity index is 678. The zero-order valence-electron chi connectivity index (χ0n) is 14.8. The number of aromatic nitrogens is 3. The second-order valence-electron chi connectivity index (χ2n) is 5.62. The van der Waals surface area contributed by atoms with Crippen LogP contribution in [0.2, 0.25) is 0 Å². The largest absolute Gasteiger partial charge is 0.361 e. The van der Waals surface area contributed by atoms with Gasteiger partial charge in [-0.1, -0.05) is 5.16 Å². The molecule has 0 aromatic carbocycles.